The number of ether oxygens (including phenoxy) is 23. The molecule has 2 amide bonds. The molecule has 0 saturated carbocycles. The average Bonchev–Trinajstić information content (AvgIpc) is 0.589. The van der Waals surface area contributed by atoms with Crippen LogP contribution in [0.2, 0.25) is 0 Å². The van der Waals surface area contributed by atoms with Gasteiger partial charge in [0.25, 0.3) is 0 Å². The molecule has 63 heteroatoms. The number of hydrogen-bond acceptors (Lipinski definition) is 61. The van der Waals surface area contributed by atoms with Gasteiger partial charge in [0.1, 0.15) is 293 Å². The average molecular weight is 2050 g/mol. The maximum Gasteiger partial charge on any atom is 0.217 e. The summed E-state index contributed by atoms with van der Waals surface area (Å²) in [5.41, 5.74) is 0. The van der Waals surface area contributed by atoms with Crippen LogP contribution in [-0.2, 0) is 119 Å². The standard InChI is InChI=1S/C76H128N2O61/c1-15(88)77-29-41(100)57(24(10-86)120-65(29)116)132-66-30(78-16(2)89)42(101)58(25(11-87)128-66)133-73-56(115)61(40(99)28(130-73)13-118-68-54(113)60(135-70-52(111)45(104)33(92)19(5-81)123-70)39(98)27(129-68)14-119-74-62(47(106)35(94)21(7-83)126-74)137-71-53(112)46(105)34(93)20(6-82)124-71)136-76-64(49(108)37(96)26(131-76)12-117-67-50(109)43(102)31(90)17(3-79)121-67)139-75-63(48(107)36(95)22(8-84)127-75)138-72-55(114)59(38(97)23(9-85)125-72)134-69-51(110)44(103)32(91)18(4-80)122-69/h17-76,79-87,90-116H,3-14H2,1-2H3,(H,77,88)(H,78,89)/t17-,18-,19-,20-,21-,22-,23-,24-,25-,26-,27-,28-,29-,30-,31-,32-,33-,34-,35-,36-,37-,38-,39-,40-,41-,42-,43+,44+,45+,46+,47+,48+,49+,50+,51+,52+,53+,54+,55+,56+,57-,58-,59+,60+,61+,62+,63+,64+,65?,66+,67+,68+,69-,70-,71-,72-,73+,74+,75-,76-/m1/s1. The number of aliphatic hydroxyl groups excluding tert-OH is 36. The smallest absolute Gasteiger partial charge is 0.217 e. The number of aliphatic hydroxyl groups is 36. The fourth-order valence-corrected chi connectivity index (χ4v) is 17.9. The summed E-state index contributed by atoms with van der Waals surface area (Å²) in [6, 6.07) is -3.79. The Morgan fingerprint density at radius 1 is 0.187 bits per heavy atom. The Balaban J connectivity index is 0.917. The number of carbonyl (C=O) groups excluding carboxylic acids is 2. The molecule has 12 aliphatic rings. The van der Waals surface area contributed by atoms with Crippen molar-refractivity contribution >= 4 is 11.8 Å². The molecule has 63 nitrogen and oxygen atoms in total. The van der Waals surface area contributed by atoms with Gasteiger partial charge < -0.3 is 303 Å². The predicted molar refractivity (Wildman–Crippen MR) is 418 cm³/mol. The highest BCUT2D eigenvalue weighted by Gasteiger charge is 2.63. The molecule has 12 aliphatic heterocycles. The van der Waals surface area contributed by atoms with Crippen molar-refractivity contribution in [2.45, 2.75) is 382 Å². The van der Waals surface area contributed by atoms with Crippen molar-refractivity contribution in [2.24, 2.45) is 0 Å². The van der Waals surface area contributed by atoms with Crippen LogP contribution in [0.5, 0.6) is 0 Å². The van der Waals surface area contributed by atoms with Gasteiger partial charge in [-0.15, -0.1) is 0 Å². The topological polar surface area (TPSA) is 999 Å². The Hall–Kier alpha value is -3.42. The Kier molecular flexibility index (Phi) is 41.0. The Morgan fingerprint density at radius 3 is 0.777 bits per heavy atom. The fraction of sp³-hybridized carbons (Fsp3) is 0.974. The molecule has 0 radical (unpaired) electrons. The number of amides is 2. The summed E-state index contributed by atoms with van der Waals surface area (Å²) in [5, 5.41) is 408. The first-order valence-electron chi connectivity index (χ1n) is 44.2. The zero-order valence-electron chi connectivity index (χ0n) is 73.4. The molecule has 12 rings (SSSR count). The molecule has 12 saturated heterocycles. The largest absolute Gasteiger partial charge is 0.394 e. The van der Waals surface area contributed by atoms with Crippen molar-refractivity contribution < 1.29 is 302 Å². The molecule has 0 aromatic rings. The van der Waals surface area contributed by atoms with Gasteiger partial charge in [-0.05, 0) is 0 Å². The second kappa shape index (κ2) is 49.8. The Morgan fingerprint density at radius 2 is 0.396 bits per heavy atom. The van der Waals surface area contributed by atoms with Crippen molar-refractivity contribution in [3.63, 3.8) is 0 Å². The van der Waals surface area contributed by atoms with Crippen LogP contribution in [-0.4, -0.2) is 643 Å². The summed E-state index contributed by atoms with van der Waals surface area (Å²) in [4.78, 5) is 25.5. The monoisotopic (exact) mass is 2040 g/mol. The zero-order valence-corrected chi connectivity index (χ0v) is 73.4. The van der Waals surface area contributed by atoms with E-state index in [-0.39, 0.29) is 0 Å². The summed E-state index contributed by atoms with van der Waals surface area (Å²) in [6.45, 7) is -12.2. The van der Waals surface area contributed by atoms with Gasteiger partial charge in [0.15, 0.2) is 75.5 Å². The van der Waals surface area contributed by atoms with E-state index in [1.165, 1.54) is 0 Å². The third kappa shape index (κ3) is 24.7. The maximum absolute atomic E-state index is 13.2. The Bertz CT molecular complexity index is 3730. The van der Waals surface area contributed by atoms with E-state index in [1.54, 1.807) is 0 Å². The molecule has 12 fully saturated rings. The lowest BCUT2D eigenvalue weighted by molar-refractivity contribution is -0.412. The minimum Gasteiger partial charge on any atom is -0.394 e. The van der Waals surface area contributed by atoms with Crippen LogP contribution >= 0.6 is 0 Å². The molecule has 38 N–H and O–H groups in total. The molecule has 808 valence electrons. The van der Waals surface area contributed by atoms with E-state index in [9.17, 15) is 193 Å². The first-order valence-corrected chi connectivity index (χ1v) is 44.2. The fourth-order valence-electron chi connectivity index (χ4n) is 17.9. The quantitative estimate of drug-likeness (QED) is 0.0277. The minimum atomic E-state index is -2.80. The van der Waals surface area contributed by atoms with Crippen LogP contribution in [0, 0.1) is 0 Å². The van der Waals surface area contributed by atoms with Crippen LogP contribution in [0.25, 0.3) is 0 Å². The summed E-state index contributed by atoms with van der Waals surface area (Å²) < 4.78 is 135. The van der Waals surface area contributed by atoms with Crippen LogP contribution in [0.4, 0.5) is 0 Å². The minimum absolute atomic E-state index is 0.845. The van der Waals surface area contributed by atoms with E-state index in [4.69, 9.17) is 109 Å². The van der Waals surface area contributed by atoms with Crippen LogP contribution < -0.4 is 10.6 Å². The van der Waals surface area contributed by atoms with E-state index in [2.05, 4.69) is 10.6 Å². The Labute approximate surface area is 784 Å². The summed E-state index contributed by atoms with van der Waals surface area (Å²) in [6.07, 6.45) is -130. The van der Waals surface area contributed by atoms with Crippen molar-refractivity contribution in [1.82, 2.24) is 10.6 Å². The van der Waals surface area contributed by atoms with Gasteiger partial charge >= 0.3 is 0 Å². The molecule has 0 aromatic carbocycles. The molecule has 0 spiro atoms. The lowest BCUT2D eigenvalue weighted by Gasteiger charge is -2.51. The third-order valence-electron chi connectivity index (χ3n) is 25.9. The number of hydrogen-bond donors (Lipinski definition) is 38. The van der Waals surface area contributed by atoms with Crippen LogP contribution in [0.15, 0.2) is 0 Å². The van der Waals surface area contributed by atoms with E-state index in [0.29, 0.717) is 0 Å². The highest BCUT2D eigenvalue weighted by atomic mass is 16.8. The van der Waals surface area contributed by atoms with Gasteiger partial charge in [0.05, 0.1) is 79.3 Å². The summed E-state index contributed by atoms with van der Waals surface area (Å²) in [5.74, 6) is -1.88. The number of carbonyl (C=O) groups is 2. The van der Waals surface area contributed by atoms with Crippen molar-refractivity contribution in [1.29, 1.82) is 0 Å². The molecular weight excluding hydrogens is 1920 g/mol. The van der Waals surface area contributed by atoms with Gasteiger partial charge in [-0.2, -0.15) is 0 Å². The molecule has 139 heavy (non-hydrogen) atoms. The van der Waals surface area contributed by atoms with Crippen molar-refractivity contribution in [2.75, 3.05) is 79.3 Å². The van der Waals surface area contributed by atoms with E-state index < -0.39 is 459 Å². The van der Waals surface area contributed by atoms with Gasteiger partial charge in [-0.25, -0.2) is 0 Å². The first-order chi connectivity index (χ1) is 65.8. The third-order valence-corrected chi connectivity index (χ3v) is 25.9. The zero-order chi connectivity index (χ0) is 102. The van der Waals surface area contributed by atoms with Gasteiger partial charge in [0, 0.05) is 13.8 Å². The molecule has 60 atom stereocenters. The first kappa shape index (κ1) is 114. The lowest BCUT2D eigenvalue weighted by atomic mass is 9.94. The van der Waals surface area contributed by atoms with E-state index in [0.717, 1.165) is 13.8 Å². The molecule has 0 aliphatic carbocycles. The second-order valence-corrected chi connectivity index (χ2v) is 35.2. The molecule has 1 unspecified atom stereocenters. The predicted octanol–water partition coefficient (Wildman–Crippen LogP) is -26.9. The number of nitrogens with one attached hydrogen (secondary N) is 2. The normalized spacial score (nSPS) is 51.9. The van der Waals surface area contributed by atoms with Gasteiger partial charge in [0.2, 0.25) is 11.8 Å². The van der Waals surface area contributed by atoms with Crippen LogP contribution in [0.1, 0.15) is 13.8 Å². The highest BCUT2D eigenvalue weighted by molar-refractivity contribution is 5.73. The number of rotatable bonds is 36. The summed E-state index contributed by atoms with van der Waals surface area (Å²) >= 11 is 0. The van der Waals surface area contributed by atoms with Crippen molar-refractivity contribution in [3.05, 3.63) is 0 Å². The maximum atomic E-state index is 13.2. The van der Waals surface area contributed by atoms with Crippen LogP contribution in [0.3, 0.4) is 0 Å². The molecule has 0 aromatic heterocycles. The lowest BCUT2D eigenvalue weighted by Crippen LogP contribution is -2.70. The molecule has 0 bridgehead atoms. The van der Waals surface area contributed by atoms with Gasteiger partial charge in [-0.1, -0.05) is 0 Å². The van der Waals surface area contributed by atoms with E-state index >= 15 is 0 Å². The second-order valence-electron chi connectivity index (χ2n) is 35.2. The summed E-state index contributed by atoms with van der Waals surface area (Å²) in [7, 11) is 0. The van der Waals surface area contributed by atoms with E-state index in [1.807, 2.05) is 0 Å². The van der Waals surface area contributed by atoms with Gasteiger partial charge in [-0.3, -0.25) is 9.59 Å². The molecule has 12 heterocycles. The highest BCUT2D eigenvalue weighted by Crippen LogP contribution is 2.42. The SMILES string of the molecule is CC(=O)N[C@H]1[C@H](O[C@H]2[C@H](O)[C@@H](NC(C)=O)C(O)O[C@@H]2CO)O[C@H](CO)[C@@H](O[C@@H]2O[C@H](CO[C@H]3O[C@H](CO[C@H]4O[C@H](CO)[C@@H](O)[C@H](O)[C@@H]4O[C@H]4O[C@H](CO)[C@@H](O)[C@H](O)[C@@H]4O)[C@@H](O)[C@H](O[C@H]4O[C@H](CO)[C@@H](O)[C@H](O)[C@@H]4O)[C@@H]3O)[C@@H](O)[C@H](O[C@H]3O[C@H](CO[C@H]4O[C@H](CO)[C@@H](O)[C@H](O)[C@@H]4O)[C@@H](O)[C@H](O)[C@@H]3O[C@H]3O[C@H](CO)[C@@H](O)[C@H](O)[C@@H]3O[C@H]3O[C@H](CO)[C@@H](O)[C@H](O[C@H]4O[C@H](CO)[C@@H](O)[C@H](O)[C@@H]4O)[C@@H]3O)[C@@H]2O)[C@@H]1O. The molecular formula is C76H128N2O61. The van der Waals surface area contributed by atoms with Crippen molar-refractivity contribution in [3.8, 4) is 0 Å².